The Morgan fingerprint density at radius 3 is 2.62 bits per heavy atom. The Morgan fingerprint density at radius 1 is 1.19 bits per heavy atom. The molecule has 6 nitrogen and oxygen atoms in total. The second-order valence-electron chi connectivity index (χ2n) is 5.89. The summed E-state index contributed by atoms with van der Waals surface area (Å²) in [6, 6.07) is 9.50. The first-order chi connectivity index (χ1) is 12.6. The topological polar surface area (TPSA) is 72.9 Å². The van der Waals surface area contributed by atoms with Crippen molar-refractivity contribution in [2.75, 3.05) is 20.3 Å². The summed E-state index contributed by atoms with van der Waals surface area (Å²) in [5, 5.41) is 1.82. The normalized spacial score (nSPS) is 16.3. The summed E-state index contributed by atoms with van der Waals surface area (Å²) in [6.07, 6.45) is 1.29. The minimum Gasteiger partial charge on any atom is -0.497 e. The first-order valence-corrected chi connectivity index (χ1v) is 9.16. The predicted molar refractivity (Wildman–Crippen MR) is 96.7 cm³/mol. The number of thiophene rings is 1. The Morgan fingerprint density at radius 2 is 1.96 bits per heavy atom. The maximum absolute atomic E-state index is 12.5. The SMILES string of the molecule is COc1ccc(C(=O)COC(=O)[C@@H]2CCCN2C(=O)c2cccs2)cc1. The Kier molecular flexibility index (Phi) is 5.68. The summed E-state index contributed by atoms with van der Waals surface area (Å²) in [7, 11) is 1.55. The highest BCUT2D eigenvalue weighted by molar-refractivity contribution is 7.12. The van der Waals surface area contributed by atoms with Gasteiger partial charge in [0.1, 0.15) is 11.8 Å². The molecule has 3 rings (SSSR count). The van der Waals surface area contributed by atoms with Crippen LogP contribution in [-0.4, -0.2) is 48.9 Å². The predicted octanol–water partition coefficient (Wildman–Crippen LogP) is 2.79. The van der Waals surface area contributed by atoms with Crippen molar-refractivity contribution in [3.05, 3.63) is 52.2 Å². The molecule has 1 saturated heterocycles. The fraction of sp³-hybridized carbons (Fsp3) is 0.316. The molecule has 7 heteroatoms. The van der Waals surface area contributed by atoms with Crippen molar-refractivity contribution in [3.8, 4) is 5.75 Å². The molecule has 1 atom stereocenters. The number of hydrogen-bond donors (Lipinski definition) is 0. The van der Waals surface area contributed by atoms with Crippen LogP contribution in [0.1, 0.15) is 32.9 Å². The highest BCUT2D eigenvalue weighted by Gasteiger charge is 2.36. The average Bonchev–Trinajstić information content (AvgIpc) is 3.37. The Hall–Kier alpha value is -2.67. The van der Waals surface area contributed by atoms with E-state index in [4.69, 9.17) is 9.47 Å². The van der Waals surface area contributed by atoms with E-state index in [-0.39, 0.29) is 18.3 Å². The number of carbonyl (C=O) groups is 3. The molecule has 2 heterocycles. The summed E-state index contributed by atoms with van der Waals surface area (Å²) < 4.78 is 10.2. The number of nitrogens with zero attached hydrogens (tertiary/aromatic N) is 1. The molecule has 26 heavy (non-hydrogen) atoms. The quantitative estimate of drug-likeness (QED) is 0.575. The molecule has 2 aromatic rings. The molecule has 1 aromatic heterocycles. The fourth-order valence-electron chi connectivity index (χ4n) is 2.89. The molecule has 0 saturated carbocycles. The molecule has 1 fully saturated rings. The minimum atomic E-state index is -0.631. The van der Waals surface area contributed by atoms with Crippen LogP contribution in [0.3, 0.4) is 0 Å². The lowest BCUT2D eigenvalue weighted by atomic mass is 10.1. The van der Waals surface area contributed by atoms with Crippen molar-refractivity contribution in [1.29, 1.82) is 0 Å². The van der Waals surface area contributed by atoms with Gasteiger partial charge in [0.2, 0.25) is 0 Å². The maximum Gasteiger partial charge on any atom is 0.329 e. The van der Waals surface area contributed by atoms with Crippen LogP contribution in [0.15, 0.2) is 41.8 Å². The van der Waals surface area contributed by atoms with Crippen LogP contribution in [0.2, 0.25) is 0 Å². The van der Waals surface area contributed by atoms with Crippen molar-refractivity contribution >= 4 is 29.0 Å². The van der Waals surface area contributed by atoms with E-state index >= 15 is 0 Å². The number of hydrogen-bond acceptors (Lipinski definition) is 6. The molecule has 0 unspecified atom stereocenters. The van der Waals surface area contributed by atoms with Gasteiger partial charge in [0, 0.05) is 12.1 Å². The summed E-state index contributed by atoms with van der Waals surface area (Å²) in [6.45, 7) is 0.172. The lowest BCUT2D eigenvalue weighted by molar-refractivity contribution is -0.147. The Bertz CT molecular complexity index is 785. The van der Waals surface area contributed by atoms with Gasteiger partial charge in [-0.3, -0.25) is 9.59 Å². The van der Waals surface area contributed by atoms with Crippen LogP contribution < -0.4 is 4.74 Å². The molecule has 0 bridgehead atoms. The van der Waals surface area contributed by atoms with Crippen LogP contribution in [-0.2, 0) is 9.53 Å². The van der Waals surface area contributed by atoms with E-state index in [0.29, 0.717) is 29.2 Å². The zero-order valence-electron chi connectivity index (χ0n) is 14.3. The monoisotopic (exact) mass is 373 g/mol. The van der Waals surface area contributed by atoms with E-state index in [0.717, 1.165) is 6.42 Å². The zero-order chi connectivity index (χ0) is 18.5. The average molecular weight is 373 g/mol. The van der Waals surface area contributed by atoms with E-state index in [1.54, 1.807) is 43.5 Å². The maximum atomic E-state index is 12.5. The minimum absolute atomic E-state index is 0.166. The lowest BCUT2D eigenvalue weighted by Crippen LogP contribution is -2.41. The standard InChI is InChI=1S/C19H19NO5S/c1-24-14-8-6-13(7-9-14)16(21)12-25-19(23)15-4-2-10-20(15)18(22)17-5-3-11-26-17/h3,5-9,11,15H,2,4,10,12H2,1H3/t15-/m0/s1. The van der Waals surface area contributed by atoms with E-state index < -0.39 is 12.0 Å². The van der Waals surface area contributed by atoms with Crippen LogP contribution >= 0.6 is 11.3 Å². The number of carbonyl (C=O) groups excluding carboxylic acids is 3. The van der Waals surface area contributed by atoms with Crippen molar-refractivity contribution in [2.24, 2.45) is 0 Å². The third kappa shape index (κ3) is 3.94. The van der Waals surface area contributed by atoms with Gasteiger partial charge in [-0.15, -0.1) is 11.3 Å². The van der Waals surface area contributed by atoms with Crippen LogP contribution in [0, 0.1) is 0 Å². The molecule has 0 radical (unpaired) electrons. The number of Topliss-reactive ketones (excluding diaryl/α,β-unsaturated/α-hetero) is 1. The molecule has 1 aliphatic rings. The number of amides is 1. The van der Waals surface area contributed by atoms with E-state index in [2.05, 4.69) is 0 Å². The van der Waals surface area contributed by atoms with Crippen molar-refractivity contribution in [3.63, 3.8) is 0 Å². The third-order valence-electron chi connectivity index (χ3n) is 4.28. The summed E-state index contributed by atoms with van der Waals surface area (Å²) >= 11 is 1.34. The van der Waals surface area contributed by atoms with Gasteiger partial charge in [0.25, 0.3) is 5.91 Å². The lowest BCUT2D eigenvalue weighted by Gasteiger charge is -2.22. The van der Waals surface area contributed by atoms with E-state index in [1.165, 1.54) is 16.2 Å². The van der Waals surface area contributed by atoms with Gasteiger partial charge in [-0.1, -0.05) is 6.07 Å². The molecule has 136 valence electrons. The van der Waals surface area contributed by atoms with E-state index in [1.807, 2.05) is 5.38 Å². The molecular formula is C19H19NO5S. The first kappa shape index (κ1) is 18.1. The summed E-state index contributed by atoms with van der Waals surface area (Å²) in [5.74, 6) is -0.349. The Balaban J connectivity index is 1.58. The molecule has 1 amide bonds. The molecule has 0 aliphatic carbocycles. The number of ether oxygens (including phenoxy) is 2. The van der Waals surface area contributed by atoms with E-state index in [9.17, 15) is 14.4 Å². The van der Waals surface area contributed by atoms with Crippen LogP contribution in [0.5, 0.6) is 5.75 Å². The molecule has 0 spiro atoms. The fourth-order valence-corrected chi connectivity index (χ4v) is 3.57. The van der Waals surface area contributed by atoms with Crippen molar-refractivity contribution in [2.45, 2.75) is 18.9 Å². The first-order valence-electron chi connectivity index (χ1n) is 8.28. The van der Waals surface area contributed by atoms with Gasteiger partial charge >= 0.3 is 5.97 Å². The third-order valence-corrected chi connectivity index (χ3v) is 5.13. The second-order valence-corrected chi connectivity index (χ2v) is 6.84. The zero-order valence-corrected chi connectivity index (χ0v) is 15.2. The number of benzene rings is 1. The summed E-state index contributed by atoms with van der Waals surface area (Å²) in [4.78, 5) is 39.2. The Labute approximate surface area is 155 Å². The van der Waals surface area contributed by atoms with Gasteiger partial charge in [0.05, 0.1) is 12.0 Å². The van der Waals surface area contributed by atoms with Gasteiger partial charge in [0.15, 0.2) is 12.4 Å². The molecule has 1 aromatic carbocycles. The van der Waals surface area contributed by atoms with Gasteiger partial charge in [-0.2, -0.15) is 0 Å². The number of likely N-dealkylation sites (tertiary alicyclic amines) is 1. The largest absolute Gasteiger partial charge is 0.497 e. The second kappa shape index (κ2) is 8.14. The number of methoxy groups -OCH3 is 1. The molecular weight excluding hydrogens is 354 g/mol. The number of esters is 1. The van der Waals surface area contributed by atoms with Gasteiger partial charge in [-0.05, 0) is 48.6 Å². The highest BCUT2D eigenvalue weighted by atomic mass is 32.1. The van der Waals surface area contributed by atoms with Crippen molar-refractivity contribution < 1.29 is 23.9 Å². The van der Waals surface area contributed by atoms with Crippen LogP contribution in [0.25, 0.3) is 0 Å². The number of ketones is 1. The summed E-state index contributed by atoms with van der Waals surface area (Å²) in [5.41, 5.74) is 0.441. The number of rotatable bonds is 6. The molecule has 1 aliphatic heterocycles. The van der Waals surface area contributed by atoms with Gasteiger partial charge in [-0.25, -0.2) is 4.79 Å². The van der Waals surface area contributed by atoms with Crippen molar-refractivity contribution in [1.82, 2.24) is 4.90 Å². The van der Waals surface area contributed by atoms with Gasteiger partial charge < -0.3 is 14.4 Å². The smallest absolute Gasteiger partial charge is 0.329 e. The van der Waals surface area contributed by atoms with Crippen LogP contribution in [0.4, 0.5) is 0 Å². The highest BCUT2D eigenvalue weighted by Crippen LogP contribution is 2.23. The molecule has 0 N–H and O–H groups in total.